The van der Waals surface area contributed by atoms with Crippen LogP contribution in [0.15, 0.2) is 22.7 Å². The zero-order valence-electron chi connectivity index (χ0n) is 8.41. The Morgan fingerprint density at radius 2 is 2.31 bits per heavy atom. The zero-order valence-corrected chi connectivity index (χ0v) is 10.8. The first-order valence-corrected chi connectivity index (χ1v) is 6.00. The maximum Gasteiger partial charge on any atom is 0.228 e. The van der Waals surface area contributed by atoms with E-state index < -0.39 is 0 Å². The molecule has 1 saturated heterocycles. The van der Waals surface area contributed by atoms with Gasteiger partial charge in [-0.3, -0.25) is 4.79 Å². The van der Waals surface area contributed by atoms with Crippen molar-refractivity contribution in [1.82, 2.24) is 0 Å². The van der Waals surface area contributed by atoms with Gasteiger partial charge in [0.15, 0.2) is 0 Å². The molecule has 16 heavy (non-hydrogen) atoms. The van der Waals surface area contributed by atoms with Gasteiger partial charge < -0.3 is 4.90 Å². The highest BCUT2D eigenvalue weighted by atomic mass is 79.9. The SMILES string of the molecule is C#CC1CC(=O)N(c2ccc(Cl)c(Br)c2)C1. The fourth-order valence-electron chi connectivity index (χ4n) is 1.72. The second kappa shape index (κ2) is 4.48. The summed E-state index contributed by atoms with van der Waals surface area (Å²) in [4.78, 5) is 13.4. The Balaban J connectivity index is 2.29. The smallest absolute Gasteiger partial charge is 0.228 e. The lowest BCUT2D eigenvalue weighted by atomic mass is 10.1. The van der Waals surface area contributed by atoms with Gasteiger partial charge in [-0.25, -0.2) is 0 Å². The summed E-state index contributed by atoms with van der Waals surface area (Å²) in [5.74, 6) is 2.70. The third-order valence-electron chi connectivity index (χ3n) is 2.58. The van der Waals surface area contributed by atoms with Crippen molar-refractivity contribution in [3.8, 4) is 12.3 Å². The summed E-state index contributed by atoms with van der Waals surface area (Å²) >= 11 is 9.23. The minimum absolute atomic E-state index is 0.0157. The van der Waals surface area contributed by atoms with Gasteiger partial charge in [0.05, 0.1) is 5.02 Å². The Kier molecular flexibility index (Phi) is 3.22. The molecule has 0 aliphatic carbocycles. The number of anilines is 1. The van der Waals surface area contributed by atoms with Crippen LogP contribution in [0.25, 0.3) is 0 Å². The topological polar surface area (TPSA) is 20.3 Å². The number of nitrogens with zero attached hydrogens (tertiary/aromatic N) is 1. The molecular formula is C12H9BrClNO. The number of amides is 1. The van der Waals surface area contributed by atoms with E-state index in [-0.39, 0.29) is 11.8 Å². The lowest BCUT2D eigenvalue weighted by Crippen LogP contribution is -2.24. The molecule has 2 nitrogen and oxygen atoms in total. The molecule has 0 aromatic heterocycles. The third kappa shape index (κ3) is 2.09. The number of halogens is 2. The van der Waals surface area contributed by atoms with Crippen molar-refractivity contribution in [3.05, 3.63) is 27.7 Å². The predicted octanol–water partition coefficient (Wildman–Crippen LogP) is 3.09. The van der Waals surface area contributed by atoms with Crippen LogP contribution in [-0.2, 0) is 4.79 Å². The highest BCUT2D eigenvalue weighted by Gasteiger charge is 2.29. The average Bonchev–Trinajstić information content (AvgIpc) is 2.64. The minimum Gasteiger partial charge on any atom is -0.311 e. The molecule has 0 spiro atoms. The molecule has 4 heteroatoms. The van der Waals surface area contributed by atoms with Crippen molar-refractivity contribution < 1.29 is 4.79 Å². The predicted molar refractivity (Wildman–Crippen MR) is 68.4 cm³/mol. The van der Waals surface area contributed by atoms with Crippen LogP contribution in [0.1, 0.15) is 6.42 Å². The highest BCUT2D eigenvalue weighted by Crippen LogP contribution is 2.30. The van der Waals surface area contributed by atoms with Gasteiger partial charge in [-0.1, -0.05) is 11.6 Å². The number of terminal acetylenes is 1. The quantitative estimate of drug-likeness (QED) is 0.730. The van der Waals surface area contributed by atoms with E-state index in [0.717, 1.165) is 10.2 Å². The molecule has 1 aliphatic heterocycles. The van der Waals surface area contributed by atoms with Crippen molar-refractivity contribution in [3.63, 3.8) is 0 Å². The highest BCUT2D eigenvalue weighted by molar-refractivity contribution is 9.10. The molecular weight excluding hydrogens is 289 g/mol. The van der Waals surface area contributed by atoms with Crippen LogP contribution >= 0.6 is 27.5 Å². The van der Waals surface area contributed by atoms with E-state index in [4.69, 9.17) is 18.0 Å². The summed E-state index contributed by atoms with van der Waals surface area (Å²) in [6.07, 6.45) is 5.76. The summed E-state index contributed by atoms with van der Waals surface area (Å²) in [7, 11) is 0. The van der Waals surface area contributed by atoms with E-state index in [1.807, 2.05) is 12.1 Å². The molecule has 2 rings (SSSR count). The van der Waals surface area contributed by atoms with E-state index in [0.29, 0.717) is 18.0 Å². The van der Waals surface area contributed by atoms with E-state index in [2.05, 4.69) is 21.9 Å². The standard InChI is InChI=1S/C12H9BrClNO/c1-2-8-5-12(16)15(7-8)9-3-4-11(14)10(13)6-9/h1,3-4,6,8H,5,7H2. The second-order valence-corrected chi connectivity index (χ2v) is 4.93. The molecule has 1 aromatic carbocycles. The van der Waals surface area contributed by atoms with Gasteiger partial charge in [0.1, 0.15) is 0 Å². The molecule has 1 aromatic rings. The van der Waals surface area contributed by atoms with E-state index in [1.165, 1.54) is 0 Å². The van der Waals surface area contributed by atoms with Crippen LogP contribution in [0.2, 0.25) is 5.02 Å². The Labute approximate surface area is 108 Å². The van der Waals surface area contributed by atoms with Gasteiger partial charge in [-0.2, -0.15) is 0 Å². The Morgan fingerprint density at radius 3 is 2.88 bits per heavy atom. The molecule has 0 bridgehead atoms. The summed E-state index contributed by atoms with van der Waals surface area (Å²) < 4.78 is 0.781. The fraction of sp³-hybridized carbons (Fsp3) is 0.250. The van der Waals surface area contributed by atoms with Crippen molar-refractivity contribution >= 4 is 39.1 Å². The maximum absolute atomic E-state index is 11.7. The fourth-order valence-corrected chi connectivity index (χ4v) is 2.21. The zero-order chi connectivity index (χ0) is 11.7. The van der Waals surface area contributed by atoms with Crippen LogP contribution in [0.3, 0.4) is 0 Å². The number of rotatable bonds is 1. The Hall–Kier alpha value is -0.980. The van der Waals surface area contributed by atoms with Crippen molar-refractivity contribution in [2.45, 2.75) is 6.42 Å². The molecule has 82 valence electrons. The molecule has 1 fully saturated rings. The van der Waals surface area contributed by atoms with Crippen molar-refractivity contribution in [1.29, 1.82) is 0 Å². The maximum atomic E-state index is 11.7. The minimum atomic E-state index is 0.0157. The molecule has 1 heterocycles. The summed E-state index contributed by atoms with van der Waals surface area (Å²) in [5, 5.41) is 0.629. The molecule has 1 unspecified atom stereocenters. The van der Waals surface area contributed by atoms with Gasteiger partial charge in [0, 0.05) is 29.0 Å². The summed E-state index contributed by atoms with van der Waals surface area (Å²) in [5.41, 5.74) is 0.832. The molecule has 1 amide bonds. The van der Waals surface area contributed by atoms with Crippen LogP contribution in [0, 0.1) is 18.3 Å². The normalized spacial score (nSPS) is 19.9. The van der Waals surface area contributed by atoms with Gasteiger partial charge >= 0.3 is 0 Å². The van der Waals surface area contributed by atoms with Gasteiger partial charge in [-0.05, 0) is 34.1 Å². The van der Waals surface area contributed by atoms with E-state index in [9.17, 15) is 4.79 Å². The van der Waals surface area contributed by atoms with Crippen LogP contribution in [0.4, 0.5) is 5.69 Å². The molecule has 0 radical (unpaired) electrons. The first-order valence-electron chi connectivity index (χ1n) is 4.83. The molecule has 1 aliphatic rings. The number of carbonyl (C=O) groups excluding carboxylic acids is 1. The second-order valence-electron chi connectivity index (χ2n) is 3.67. The van der Waals surface area contributed by atoms with Gasteiger partial charge in [0.25, 0.3) is 0 Å². The lowest BCUT2D eigenvalue weighted by molar-refractivity contribution is -0.117. The first kappa shape index (κ1) is 11.5. The summed E-state index contributed by atoms with van der Waals surface area (Å²) in [6.45, 7) is 0.587. The largest absolute Gasteiger partial charge is 0.311 e. The molecule has 0 N–H and O–H groups in total. The van der Waals surface area contributed by atoms with Gasteiger partial charge in [0.2, 0.25) is 5.91 Å². The van der Waals surface area contributed by atoms with Crippen LogP contribution in [-0.4, -0.2) is 12.5 Å². The van der Waals surface area contributed by atoms with E-state index >= 15 is 0 Å². The van der Waals surface area contributed by atoms with Crippen molar-refractivity contribution in [2.24, 2.45) is 5.92 Å². The third-order valence-corrected chi connectivity index (χ3v) is 3.79. The van der Waals surface area contributed by atoms with E-state index in [1.54, 1.807) is 11.0 Å². The molecule has 0 saturated carbocycles. The number of hydrogen-bond donors (Lipinski definition) is 0. The monoisotopic (exact) mass is 297 g/mol. The Bertz CT molecular complexity index is 480. The first-order chi connectivity index (χ1) is 7.61. The lowest BCUT2D eigenvalue weighted by Gasteiger charge is -2.16. The number of carbonyl (C=O) groups is 1. The number of hydrogen-bond acceptors (Lipinski definition) is 1. The Morgan fingerprint density at radius 1 is 1.56 bits per heavy atom. The van der Waals surface area contributed by atoms with Crippen molar-refractivity contribution in [2.75, 3.05) is 11.4 Å². The molecule has 1 atom stereocenters. The average molecular weight is 299 g/mol. The van der Waals surface area contributed by atoms with Crippen LogP contribution < -0.4 is 4.90 Å². The number of benzene rings is 1. The van der Waals surface area contributed by atoms with Gasteiger partial charge in [-0.15, -0.1) is 12.3 Å². The van der Waals surface area contributed by atoms with Crippen LogP contribution in [0.5, 0.6) is 0 Å². The summed E-state index contributed by atoms with van der Waals surface area (Å²) in [6, 6.07) is 5.42.